The van der Waals surface area contributed by atoms with Crippen LogP contribution in [0.1, 0.15) is 36.7 Å². The summed E-state index contributed by atoms with van der Waals surface area (Å²) in [4.78, 5) is 42.9. The summed E-state index contributed by atoms with van der Waals surface area (Å²) in [7, 11) is 1.41. The molecule has 0 radical (unpaired) electrons. The van der Waals surface area contributed by atoms with Gasteiger partial charge in [0.1, 0.15) is 5.75 Å². The average Bonchev–Trinajstić information content (AvgIpc) is 3.35. The van der Waals surface area contributed by atoms with Gasteiger partial charge in [-0.25, -0.2) is 14.4 Å². The SMILES string of the molecule is COc1ccccc1CN1C(=O)N(c2cccc(C(F)(F)F)c2)[C@H](n2oc(=O)n(-c3cccc(C(F)(F)F)c3)c2=O)C1(C)C. The van der Waals surface area contributed by atoms with Crippen LogP contribution < -0.4 is 21.1 Å². The number of hydrogen-bond donors (Lipinski definition) is 0. The molecule has 232 valence electrons. The highest BCUT2D eigenvalue weighted by Gasteiger charge is 2.55. The van der Waals surface area contributed by atoms with Gasteiger partial charge in [0, 0.05) is 11.3 Å². The lowest BCUT2D eigenvalue weighted by atomic mass is 9.99. The van der Waals surface area contributed by atoms with Gasteiger partial charge >= 0.3 is 29.8 Å². The second-order valence-corrected chi connectivity index (χ2v) is 10.5. The van der Waals surface area contributed by atoms with Crippen molar-refractivity contribution in [2.24, 2.45) is 0 Å². The number of hydrogen-bond acceptors (Lipinski definition) is 5. The van der Waals surface area contributed by atoms with Gasteiger partial charge in [0.25, 0.3) is 0 Å². The molecule has 1 aromatic heterocycles. The van der Waals surface area contributed by atoms with Crippen LogP contribution in [0.3, 0.4) is 0 Å². The summed E-state index contributed by atoms with van der Waals surface area (Å²) in [5, 5.41) is 0. The van der Waals surface area contributed by atoms with Gasteiger partial charge in [-0.05, 0) is 56.3 Å². The predicted octanol–water partition coefficient (Wildman–Crippen LogP) is 6.06. The molecule has 9 nitrogen and oxygen atoms in total. The number of ether oxygens (including phenoxy) is 1. The molecule has 2 amide bonds. The molecule has 0 aliphatic carbocycles. The zero-order valence-corrected chi connectivity index (χ0v) is 23.3. The quantitative estimate of drug-likeness (QED) is 0.244. The summed E-state index contributed by atoms with van der Waals surface area (Å²) in [5.41, 5.74) is -5.15. The Morgan fingerprint density at radius 3 is 1.98 bits per heavy atom. The Labute approximate surface area is 245 Å². The molecule has 15 heteroatoms. The molecule has 1 saturated heterocycles. The molecule has 0 N–H and O–H groups in total. The fraction of sp³-hybridized carbons (Fsp3) is 0.276. The molecule has 0 unspecified atom stereocenters. The first-order valence-corrected chi connectivity index (χ1v) is 13.0. The Morgan fingerprint density at radius 1 is 0.818 bits per heavy atom. The molecular weight excluding hydrogens is 598 g/mol. The van der Waals surface area contributed by atoms with Crippen molar-refractivity contribution in [1.29, 1.82) is 0 Å². The van der Waals surface area contributed by atoms with Crippen molar-refractivity contribution in [3.63, 3.8) is 0 Å². The van der Waals surface area contributed by atoms with E-state index in [1.165, 1.54) is 31.9 Å². The van der Waals surface area contributed by atoms with Gasteiger partial charge in [-0.15, -0.1) is 4.74 Å². The lowest BCUT2D eigenvalue weighted by Gasteiger charge is -2.34. The van der Waals surface area contributed by atoms with Crippen LogP contribution in [0.5, 0.6) is 5.75 Å². The molecule has 0 saturated carbocycles. The Kier molecular flexibility index (Phi) is 7.38. The smallest absolute Gasteiger partial charge is 0.447 e. The van der Waals surface area contributed by atoms with Crippen LogP contribution in [0, 0.1) is 0 Å². The van der Waals surface area contributed by atoms with Crippen LogP contribution in [0.15, 0.2) is 86.9 Å². The van der Waals surface area contributed by atoms with E-state index < -0.39 is 58.3 Å². The van der Waals surface area contributed by atoms with Crippen molar-refractivity contribution >= 4 is 11.7 Å². The van der Waals surface area contributed by atoms with Crippen LogP contribution in [0.2, 0.25) is 0 Å². The third kappa shape index (κ3) is 5.22. The molecule has 1 aliphatic heterocycles. The Hall–Kier alpha value is -4.95. The molecule has 4 aromatic rings. The molecule has 1 aliphatic rings. The van der Waals surface area contributed by atoms with Crippen LogP contribution in [0.25, 0.3) is 5.69 Å². The van der Waals surface area contributed by atoms with Gasteiger partial charge in [-0.1, -0.05) is 30.3 Å². The van der Waals surface area contributed by atoms with Crippen LogP contribution >= 0.6 is 0 Å². The van der Waals surface area contributed by atoms with E-state index in [0.717, 1.165) is 35.2 Å². The zero-order chi connectivity index (χ0) is 32.2. The monoisotopic (exact) mass is 622 g/mol. The number of alkyl halides is 6. The van der Waals surface area contributed by atoms with Crippen LogP contribution in [-0.4, -0.2) is 32.9 Å². The first kappa shape index (κ1) is 30.5. The van der Waals surface area contributed by atoms with Gasteiger partial charge in [-0.2, -0.15) is 30.9 Å². The predicted molar refractivity (Wildman–Crippen MR) is 145 cm³/mol. The highest BCUT2D eigenvalue weighted by molar-refractivity contribution is 5.95. The molecule has 1 atom stereocenters. The molecule has 2 heterocycles. The number of nitrogens with zero attached hydrogens (tertiary/aromatic N) is 4. The van der Waals surface area contributed by atoms with Gasteiger partial charge in [0.05, 0.1) is 36.0 Å². The fourth-order valence-corrected chi connectivity index (χ4v) is 5.22. The van der Waals surface area contributed by atoms with Crippen molar-refractivity contribution in [1.82, 2.24) is 14.2 Å². The largest absolute Gasteiger partial charge is 0.496 e. The van der Waals surface area contributed by atoms with E-state index in [0.29, 0.717) is 32.8 Å². The highest BCUT2D eigenvalue weighted by atomic mass is 19.4. The average molecular weight is 623 g/mol. The summed E-state index contributed by atoms with van der Waals surface area (Å²) in [5.74, 6) is -0.964. The van der Waals surface area contributed by atoms with E-state index >= 15 is 0 Å². The molecule has 1 fully saturated rings. The van der Waals surface area contributed by atoms with E-state index in [4.69, 9.17) is 9.26 Å². The van der Waals surface area contributed by atoms with Gasteiger partial charge < -0.3 is 14.2 Å². The molecule has 3 aromatic carbocycles. The second kappa shape index (κ2) is 10.6. The van der Waals surface area contributed by atoms with Gasteiger partial charge in [0.15, 0.2) is 6.17 Å². The van der Waals surface area contributed by atoms with Crippen molar-refractivity contribution in [2.75, 3.05) is 12.0 Å². The number of para-hydroxylation sites is 1. The number of benzene rings is 3. The van der Waals surface area contributed by atoms with Crippen molar-refractivity contribution < 1.29 is 40.4 Å². The van der Waals surface area contributed by atoms with E-state index in [1.54, 1.807) is 24.3 Å². The van der Waals surface area contributed by atoms with E-state index in [-0.39, 0.29) is 12.2 Å². The summed E-state index contributed by atoms with van der Waals surface area (Å²) in [6, 6.07) is 13.1. The van der Waals surface area contributed by atoms with Gasteiger partial charge in [0.2, 0.25) is 0 Å². The Balaban J connectivity index is 1.70. The molecular formula is C29H24F6N4O5. The summed E-state index contributed by atoms with van der Waals surface area (Å²) < 4.78 is 92.6. The molecule has 44 heavy (non-hydrogen) atoms. The summed E-state index contributed by atoms with van der Waals surface area (Å²) in [6.45, 7) is 2.88. The van der Waals surface area contributed by atoms with Crippen molar-refractivity contribution in [2.45, 2.75) is 44.4 Å². The Morgan fingerprint density at radius 2 is 1.39 bits per heavy atom. The van der Waals surface area contributed by atoms with Gasteiger partial charge in [-0.3, -0.25) is 4.90 Å². The first-order chi connectivity index (χ1) is 20.6. The standard InChI is InChI=1S/C29H24F6N4O5/c1-27(2)23(39-25(41)38(26(42)44-39)21-12-7-10-19(15-21)29(33,34)35)37(20-11-6-9-18(14-20)28(30,31)32)24(40)36(27)16-17-8-4-5-13-22(17)43-3/h4-15,23H,16H2,1-3H3/t23-/m1/s1. The van der Waals surface area contributed by atoms with Crippen molar-refractivity contribution in [3.8, 4) is 11.4 Å². The normalized spacial score (nSPS) is 16.9. The third-order valence-corrected chi connectivity index (χ3v) is 7.37. The number of halogens is 6. The number of methoxy groups -OCH3 is 1. The molecule has 0 bridgehead atoms. The molecule has 5 rings (SSSR count). The number of carbonyl (C=O) groups excluding carboxylic acids is 1. The summed E-state index contributed by atoms with van der Waals surface area (Å²) in [6.07, 6.45) is -11.1. The number of urea groups is 1. The maximum absolute atomic E-state index is 14.1. The number of anilines is 1. The number of carbonyl (C=O) groups is 1. The lowest BCUT2D eigenvalue weighted by molar-refractivity contribution is -0.138. The van der Waals surface area contributed by atoms with E-state index in [2.05, 4.69) is 0 Å². The number of amides is 2. The minimum atomic E-state index is -4.79. The maximum atomic E-state index is 14.1. The summed E-state index contributed by atoms with van der Waals surface area (Å²) >= 11 is 0. The first-order valence-electron chi connectivity index (χ1n) is 13.0. The van der Waals surface area contributed by atoms with Crippen molar-refractivity contribution in [3.05, 3.63) is 111 Å². The topological polar surface area (TPSA) is 89.9 Å². The van der Waals surface area contributed by atoms with Crippen LogP contribution in [0.4, 0.5) is 36.8 Å². The van der Waals surface area contributed by atoms with E-state index in [9.17, 15) is 40.7 Å². The van der Waals surface area contributed by atoms with Crippen LogP contribution in [-0.2, 0) is 18.9 Å². The Bertz CT molecular complexity index is 1840. The number of aromatic nitrogens is 2. The number of rotatable bonds is 6. The third-order valence-electron chi connectivity index (χ3n) is 7.37. The second-order valence-electron chi connectivity index (χ2n) is 10.5. The minimum absolute atomic E-state index is 0.130. The lowest BCUT2D eigenvalue weighted by Crippen LogP contribution is -2.46. The maximum Gasteiger partial charge on any atom is 0.447 e. The van der Waals surface area contributed by atoms with E-state index in [1.807, 2.05) is 0 Å². The fourth-order valence-electron chi connectivity index (χ4n) is 5.22. The molecule has 0 spiro atoms. The minimum Gasteiger partial charge on any atom is -0.496 e. The highest BCUT2D eigenvalue weighted by Crippen LogP contribution is 2.44. The zero-order valence-electron chi connectivity index (χ0n) is 23.3.